The maximum absolute atomic E-state index is 12.9. The Morgan fingerprint density at radius 2 is 1.70 bits per heavy atom. The smallest absolute Gasteiger partial charge is 0.310 e. The first kappa shape index (κ1) is 17.9. The van der Waals surface area contributed by atoms with E-state index < -0.39 is 30.0 Å². The zero-order chi connectivity index (χ0) is 18.8. The lowest BCUT2D eigenvalue weighted by Crippen LogP contribution is -2.52. The minimum Gasteiger partial charge on any atom is -0.481 e. The molecule has 2 bridgehead atoms. The Morgan fingerprint density at radius 3 is 2.37 bits per heavy atom. The molecule has 142 valence electrons. The molecule has 4 atom stereocenters. The highest BCUT2D eigenvalue weighted by Crippen LogP contribution is 2.40. The zero-order valence-electron chi connectivity index (χ0n) is 15.1. The van der Waals surface area contributed by atoms with Crippen LogP contribution in [0.25, 0.3) is 6.08 Å². The molecule has 0 aliphatic carbocycles. The first-order valence-electron chi connectivity index (χ1n) is 9.43. The van der Waals surface area contributed by atoms with Gasteiger partial charge in [0.15, 0.2) is 0 Å². The fourth-order valence-corrected chi connectivity index (χ4v) is 4.16. The van der Waals surface area contributed by atoms with Crippen LogP contribution in [0.3, 0.4) is 0 Å². The summed E-state index contributed by atoms with van der Waals surface area (Å²) in [6.45, 7) is 3.68. The van der Waals surface area contributed by atoms with Crippen LogP contribution in [0.4, 0.5) is 0 Å². The summed E-state index contributed by atoms with van der Waals surface area (Å²) in [5, 5.41) is 9.49. The summed E-state index contributed by atoms with van der Waals surface area (Å²) < 4.78 is 5.63. The topological polar surface area (TPSA) is 70.1 Å². The van der Waals surface area contributed by atoms with Crippen molar-refractivity contribution in [3.63, 3.8) is 0 Å². The standard InChI is InChI=1S/C21H24N2O4/c24-20(18-16-8-9-17(27-16)19(18)21(25)26)23-13-11-22(12-14-23)10-4-7-15-5-2-1-3-6-15/h1-9,16-19H,10-14H2,(H,25,26)/b7-4+/t16-,17-,18-,19-/m0/s1. The number of carboxylic acids is 1. The number of rotatable bonds is 5. The number of carboxylic acid groups (broad SMARTS) is 1. The first-order valence-corrected chi connectivity index (χ1v) is 9.43. The summed E-state index contributed by atoms with van der Waals surface area (Å²) in [7, 11) is 0. The Kier molecular flexibility index (Phi) is 5.09. The predicted molar refractivity (Wildman–Crippen MR) is 101 cm³/mol. The largest absolute Gasteiger partial charge is 0.481 e. The van der Waals surface area contributed by atoms with Crippen LogP contribution in [0, 0.1) is 11.8 Å². The van der Waals surface area contributed by atoms with Crippen LogP contribution in [0.1, 0.15) is 5.56 Å². The fourth-order valence-electron chi connectivity index (χ4n) is 4.16. The van der Waals surface area contributed by atoms with Gasteiger partial charge in [-0.15, -0.1) is 0 Å². The quantitative estimate of drug-likeness (QED) is 0.798. The molecule has 0 aromatic heterocycles. The molecule has 1 aromatic carbocycles. The number of carbonyl (C=O) groups excluding carboxylic acids is 1. The third kappa shape index (κ3) is 3.68. The molecule has 1 aromatic rings. The van der Waals surface area contributed by atoms with Gasteiger partial charge in [0.1, 0.15) is 5.92 Å². The Morgan fingerprint density at radius 1 is 1.04 bits per heavy atom. The van der Waals surface area contributed by atoms with Gasteiger partial charge in [-0.05, 0) is 5.56 Å². The molecular formula is C21H24N2O4. The summed E-state index contributed by atoms with van der Waals surface area (Å²) in [5.41, 5.74) is 1.18. The highest BCUT2D eigenvalue weighted by atomic mass is 16.5. The van der Waals surface area contributed by atoms with Crippen molar-refractivity contribution < 1.29 is 19.4 Å². The van der Waals surface area contributed by atoms with Crippen molar-refractivity contribution in [1.82, 2.24) is 9.80 Å². The number of ether oxygens (including phenoxy) is 1. The van der Waals surface area contributed by atoms with E-state index in [-0.39, 0.29) is 5.91 Å². The van der Waals surface area contributed by atoms with Gasteiger partial charge in [0.05, 0.1) is 18.1 Å². The molecule has 3 heterocycles. The van der Waals surface area contributed by atoms with Gasteiger partial charge in [-0.3, -0.25) is 14.5 Å². The van der Waals surface area contributed by atoms with Gasteiger partial charge in [0, 0.05) is 32.7 Å². The van der Waals surface area contributed by atoms with E-state index in [2.05, 4.69) is 29.2 Å². The van der Waals surface area contributed by atoms with Crippen LogP contribution in [-0.2, 0) is 14.3 Å². The van der Waals surface area contributed by atoms with E-state index in [9.17, 15) is 14.7 Å². The number of nitrogens with zero attached hydrogens (tertiary/aromatic N) is 2. The van der Waals surface area contributed by atoms with E-state index in [0.717, 1.165) is 19.6 Å². The van der Waals surface area contributed by atoms with E-state index in [1.54, 1.807) is 11.0 Å². The highest BCUT2D eigenvalue weighted by molar-refractivity contribution is 5.87. The van der Waals surface area contributed by atoms with Crippen molar-refractivity contribution in [2.45, 2.75) is 12.2 Å². The van der Waals surface area contributed by atoms with Gasteiger partial charge >= 0.3 is 5.97 Å². The van der Waals surface area contributed by atoms with E-state index in [4.69, 9.17) is 4.74 Å². The lowest BCUT2D eigenvalue weighted by atomic mass is 9.82. The van der Waals surface area contributed by atoms with Gasteiger partial charge in [-0.1, -0.05) is 54.6 Å². The molecular weight excluding hydrogens is 344 g/mol. The second-order valence-corrected chi connectivity index (χ2v) is 7.28. The minimum atomic E-state index is -0.949. The number of amides is 1. The number of hydrogen-bond donors (Lipinski definition) is 1. The third-order valence-electron chi connectivity index (χ3n) is 5.63. The monoisotopic (exact) mass is 368 g/mol. The van der Waals surface area contributed by atoms with Crippen molar-refractivity contribution in [1.29, 1.82) is 0 Å². The maximum atomic E-state index is 12.9. The number of benzene rings is 1. The number of aliphatic carboxylic acids is 1. The van der Waals surface area contributed by atoms with Crippen molar-refractivity contribution >= 4 is 18.0 Å². The second kappa shape index (κ2) is 7.66. The van der Waals surface area contributed by atoms with E-state index in [1.165, 1.54) is 5.56 Å². The van der Waals surface area contributed by atoms with Gasteiger partial charge in [0.2, 0.25) is 5.91 Å². The molecule has 3 aliphatic rings. The van der Waals surface area contributed by atoms with Crippen molar-refractivity contribution in [3.8, 4) is 0 Å². The molecule has 6 heteroatoms. The lowest BCUT2D eigenvalue weighted by molar-refractivity contribution is -0.150. The zero-order valence-corrected chi connectivity index (χ0v) is 15.1. The van der Waals surface area contributed by atoms with Crippen LogP contribution in [-0.4, -0.2) is 71.7 Å². The van der Waals surface area contributed by atoms with Crippen LogP contribution < -0.4 is 0 Å². The molecule has 3 aliphatic heterocycles. The van der Waals surface area contributed by atoms with Crippen LogP contribution in [0.2, 0.25) is 0 Å². The lowest BCUT2D eigenvalue weighted by Gasteiger charge is -2.36. The number of hydrogen-bond acceptors (Lipinski definition) is 4. The Bertz CT molecular complexity index is 753. The highest BCUT2D eigenvalue weighted by Gasteiger charge is 2.54. The molecule has 2 fully saturated rings. The maximum Gasteiger partial charge on any atom is 0.310 e. The molecule has 0 unspecified atom stereocenters. The van der Waals surface area contributed by atoms with Crippen molar-refractivity contribution in [3.05, 3.63) is 54.1 Å². The van der Waals surface area contributed by atoms with E-state index >= 15 is 0 Å². The second-order valence-electron chi connectivity index (χ2n) is 7.28. The van der Waals surface area contributed by atoms with Crippen LogP contribution in [0.5, 0.6) is 0 Å². The molecule has 4 rings (SSSR count). The molecule has 0 radical (unpaired) electrons. The van der Waals surface area contributed by atoms with Crippen molar-refractivity contribution in [2.75, 3.05) is 32.7 Å². The summed E-state index contributed by atoms with van der Waals surface area (Å²) >= 11 is 0. The summed E-state index contributed by atoms with van der Waals surface area (Å²) in [6.07, 6.45) is 6.98. The molecule has 1 amide bonds. The Hall–Kier alpha value is -2.44. The summed E-state index contributed by atoms with van der Waals surface area (Å²) in [6, 6.07) is 10.2. The Labute approximate surface area is 158 Å². The average Bonchev–Trinajstić information content (AvgIpc) is 3.30. The first-order chi connectivity index (χ1) is 13.1. The Balaban J connectivity index is 1.30. The minimum absolute atomic E-state index is 0.0845. The summed E-state index contributed by atoms with van der Waals surface area (Å²) in [5.74, 6) is -2.39. The molecule has 27 heavy (non-hydrogen) atoms. The van der Waals surface area contributed by atoms with E-state index in [1.807, 2.05) is 24.3 Å². The van der Waals surface area contributed by atoms with Gasteiger partial charge in [0.25, 0.3) is 0 Å². The van der Waals surface area contributed by atoms with Gasteiger partial charge in [-0.25, -0.2) is 0 Å². The van der Waals surface area contributed by atoms with Gasteiger partial charge < -0.3 is 14.7 Å². The number of piperazine rings is 1. The molecule has 6 nitrogen and oxygen atoms in total. The van der Waals surface area contributed by atoms with Crippen molar-refractivity contribution in [2.24, 2.45) is 11.8 Å². The average molecular weight is 368 g/mol. The molecule has 0 spiro atoms. The van der Waals surface area contributed by atoms with Crippen LogP contribution in [0.15, 0.2) is 48.6 Å². The predicted octanol–water partition coefficient (Wildman–Crippen LogP) is 1.50. The SMILES string of the molecule is O=C(O)[C@@H]1[C@@H](C(=O)N2CCN(C/C=C/c3ccccc3)CC2)[C@@H]2C=C[C@@H]1O2. The fraction of sp³-hybridized carbons (Fsp3) is 0.429. The molecule has 1 N–H and O–H groups in total. The summed E-state index contributed by atoms with van der Waals surface area (Å²) in [4.78, 5) is 28.6. The normalized spacial score (nSPS) is 30.3. The van der Waals surface area contributed by atoms with Crippen LogP contribution >= 0.6 is 0 Å². The van der Waals surface area contributed by atoms with E-state index in [0.29, 0.717) is 13.1 Å². The molecule has 2 saturated heterocycles. The number of carbonyl (C=O) groups is 2. The molecule has 0 saturated carbocycles. The van der Waals surface area contributed by atoms with Gasteiger partial charge in [-0.2, -0.15) is 0 Å². The third-order valence-corrected chi connectivity index (χ3v) is 5.63. The number of fused-ring (bicyclic) bond motifs is 2.